The topological polar surface area (TPSA) is 40.5 Å². The molecular formula is C18H17NO2S2. The predicted molar refractivity (Wildman–Crippen MR) is 96.7 cm³/mol. The molecule has 5 heteroatoms. The van der Waals surface area contributed by atoms with Crippen LogP contribution in [0.2, 0.25) is 0 Å². The minimum Gasteiger partial charge on any atom is -0.465 e. The van der Waals surface area contributed by atoms with Gasteiger partial charge < -0.3 is 10.0 Å². The largest absolute Gasteiger partial charge is 0.465 e. The van der Waals surface area contributed by atoms with Gasteiger partial charge in [-0.05, 0) is 24.1 Å². The minimum atomic E-state index is -0.890. The van der Waals surface area contributed by atoms with Crippen molar-refractivity contribution in [1.29, 1.82) is 0 Å². The lowest BCUT2D eigenvalue weighted by Gasteiger charge is -2.14. The molecule has 0 aliphatic carbocycles. The van der Waals surface area contributed by atoms with E-state index in [0.29, 0.717) is 13.0 Å². The summed E-state index contributed by atoms with van der Waals surface area (Å²) < 4.78 is 1.29. The molecule has 0 radical (unpaired) electrons. The van der Waals surface area contributed by atoms with Gasteiger partial charge in [0.1, 0.15) is 0 Å². The number of hydrogen-bond acceptors (Lipinski definition) is 3. The molecule has 0 aliphatic rings. The number of thiophene rings is 1. The van der Waals surface area contributed by atoms with Gasteiger partial charge in [0.25, 0.3) is 0 Å². The van der Waals surface area contributed by atoms with Gasteiger partial charge in [-0.15, -0.1) is 11.3 Å². The molecule has 1 heterocycles. The van der Waals surface area contributed by atoms with Gasteiger partial charge in [0.2, 0.25) is 0 Å². The quantitative estimate of drug-likeness (QED) is 0.692. The fraction of sp³-hybridized carbons (Fsp3) is 0.167. The second kappa shape index (κ2) is 7.06. The average molecular weight is 343 g/mol. The summed E-state index contributed by atoms with van der Waals surface area (Å²) in [6.45, 7) is 0.497. The molecule has 2 aromatic carbocycles. The van der Waals surface area contributed by atoms with Crippen LogP contribution < -0.4 is 0 Å². The summed E-state index contributed by atoms with van der Waals surface area (Å²) in [5.41, 5.74) is 1.18. The number of likely N-dealkylation sites (N-methyl/N-ethyl adjacent to an activating group) is 1. The van der Waals surface area contributed by atoms with Crippen LogP contribution >= 0.6 is 23.1 Å². The molecule has 0 fully saturated rings. The fourth-order valence-corrected chi connectivity index (χ4v) is 4.54. The summed E-state index contributed by atoms with van der Waals surface area (Å²) in [7, 11) is 1.60. The van der Waals surface area contributed by atoms with E-state index < -0.39 is 6.09 Å². The Kier molecular flexibility index (Phi) is 4.88. The van der Waals surface area contributed by atoms with Gasteiger partial charge in [0, 0.05) is 38.8 Å². The van der Waals surface area contributed by atoms with Crippen molar-refractivity contribution < 1.29 is 9.90 Å². The van der Waals surface area contributed by atoms with E-state index in [-0.39, 0.29) is 0 Å². The average Bonchev–Trinajstić information content (AvgIpc) is 2.97. The van der Waals surface area contributed by atoms with E-state index in [9.17, 15) is 4.79 Å². The summed E-state index contributed by atoms with van der Waals surface area (Å²) in [5, 5.41) is 12.4. The first kappa shape index (κ1) is 15.9. The molecule has 3 rings (SSSR count). The van der Waals surface area contributed by atoms with Crippen molar-refractivity contribution in [2.45, 2.75) is 16.2 Å². The lowest BCUT2D eigenvalue weighted by Crippen LogP contribution is -2.26. The lowest BCUT2D eigenvalue weighted by atomic mass is 10.1. The molecule has 3 nitrogen and oxygen atoms in total. The molecule has 1 aromatic heterocycles. The van der Waals surface area contributed by atoms with Crippen molar-refractivity contribution in [2.75, 3.05) is 13.6 Å². The van der Waals surface area contributed by atoms with Crippen LogP contribution in [0.4, 0.5) is 4.79 Å². The van der Waals surface area contributed by atoms with E-state index in [1.807, 2.05) is 12.1 Å². The van der Waals surface area contributed by atoms with Crippen LogP contribution in [-0.2, 0) is 6.42 Å². The number of rotatable bonds is 5. The number of fused-ring (bicyclic) bond motifs is 1. The smallest absolute Gasteiger partial charge is 0.407 e. The van der Waals surface area contributed by atoms with E-state index in [0.717, 1.165) is 0 Å². The molecule has 1 N–H and O–H groups in total. The van der Waals surface area contributed by atoms with Crippen molar-refractivity contribution in [3.63, 3.8) is 0 Å². The third-order valence-electron chi connectivity index (χ3n) is 3.68. The van der Waals surface area contributed by atoms with Crippen LogP contribution in [0.3, 0.4) is 0 Å². The Hall–Kier alpha value is -1.98. The number of nitrogens with zero attached hydrogens (tertiary/aromatic N) is 1. The zero-order valence-electron chi connectivity index (χ0n) is 12.7. The maximum atomic E-state index is 10.9. The number of hydrogen-bond donors (Lipinski definition) is 1. The monoisotopic (exact) mass is 343 g/mol. The van der Waals surface area contributed by atoms with Crippen LogP contribution in [0.5, 0.6) is 0 Å². The van der Waals surface area contributed by atoms with E-state index in [4.69, 9.17) is 5.11 Å². The van der Waals surface area contributed by atoms with E-state index in [2.05, 4.69) is 41.8 Å². The zero-order valence-corrected chi connectivity index (χ0v) is 14.4. The molecule has 0 bridgehead atoms. The van der Waals surface area contributed by atoms with Gasteiger partial charge in [-0.2, -0.15) is 0 Å². The fourth-order valence-electron chi connectivity index (χ4n) is 2.34. The highest BCUT2D eigenvalue weighted by molar-refractivity contribution is 7.99. The highest BCUT2D eigenvalue weighted by atomic mass is 32.2. The molecule has 3 aromatic rings. The highest BCUT2D eigenvalue weighted by Crippen LogP contribution is 2.38. The Morgan fingerprint density at radius 2 is 1.87 bits per heavy atom. The molecule has 0 saturated heterocycles. The normalized spacial score (nSPS) is 10.8. The molecule has 23 heavy (non-hydrogen) atoms. The van der Waals surface area contributed by atoms with Gasteiger partial charge in [0.05, 0.1) is 0 Å². The van der Waals surface area contributed by atoms with E-state index in [1.165, 1.54) is 30.3 Å². The minimum absolute atomic E-state index is 0.497. The summed E-state index contributed by atoms with van der Waals surface area (Å²) >= 11 is 3.51. The zero-order chi connectivity index (χ0) is 16.2. The standard InChI is InChI=1S/C18H17NO2S2/c1-19(18(20)21)11-10-13-6-2-4-8-15(13)23-17-12-22-16-9-5-3-7-14(16)17/h2-9,12H,10-11H2,1H3,(H,20,21). The van der Waals surface area contributed by atoms with Crippen molar-refractivity contribution in [1.82, 2.24) is 4.90 Å². The van der Waals surface area contributed by atoms with Gasteiger partial charge in [-0.25, -0.2) is 4.79 Å². The van der Waals surface area contributed by atoms with E-state index in [1.54, 1.807) is 30.1 Å². The first-order chi connectivity index (χ1) is 11.1. The summed E-state index contributed by atoms with van der Waals surface area (Å²) in [6.07, 6.45) is -0.174. The van der Waals surface area contributed by atoms with Gasteiger partial charge in [-0.1, -0.05) is 48.2 Å². The second-order valence-corrected chi connectivity index (χ2v) is 7.26. The van der Waals surface area contributed by atoms with Crippen LogP contribution in [0.25, 0.3) is 10.1 Å². The van der Waals surface area contributed by atoms with Crippen LogP contribution in [0.15, 0.2) is 63.7 Å². The first-order valence-electron chi connectivity index (χ1n) is 7.31. The number of carboxylic acid groups (broad SMARTS) is 1. The van der Waals surface area contributed by atoms with Crippen molar-refractivity contribution >= 4 is 39.3 Å². The number of benzene rings is 2. The molecule has 1 amide bonds. The molecule has 0 unspecified atom stereocenters. The Balaban J connectivity index is 1.82. The molecule has 0 spiro atoms. The molecule has 0 saturated carbocycles. The Morgan fingerprint density at radius 1 is 1.13 bits per heavy atom. The van der Waals surface area contributed by atoms with Gasteiger partial charge in [-0.3, -0.25) is 0 Å². The van der Waals surface area contributed by atoms with Crippen LogP contribution in [0, 0.1) is 0 Å². The molecule has 0 aliphatic heterocycles. The Labute approximate surface area is 143 Å². The van der Waals surface area contributed by atoms with Crippen molar-refractivity contribution in [3.05, 3.63) is 59.5 Å². The van der Waals surface area contributed by atoms with Crippen molar-refractivity contribution in [3.8, 4) is 0 Å². The van der Waals surface area contributed by atoms with Gasteiger partial charge in [0.15, 0.2) is 0 Å². The summed E-state index contributed by atoms with van der Waals surface area (Å²) in [6, 6.07) is 16.6. The first-order valence-corrected chi connectivity index (χ1v) is 9.01. The van der Waals surface area contributed by atoms with E-state index >= 15 is 0 Å². The van der Waals surface area contributed by atoms with Crippen LogP contribution in [0.1, 0.15) is 5.56 Å². The van der Waals surface area contributed by atoms with Crippen LogP contribution in [-0.4, -0.2) is 29.7 Å². The SMILES string of the molecule is CN(CCc1ccccc1Sc1csc2ccccc12)C(=O)O. The highest BCUT2D eigenvalue weighted by Gasteiger charge is 2.10. The number of carbonyl (C=O) groups is 1. The van der Waals surface area contributed by atoms with Crippen molar-refractivity contribution in [2.24, 2.45) is 0 Å². The maximum Gasteiger partial charge on any atom is 0.407 e. The predicted octanol–water partition coefficient (Wildman–Crippen LogP) is 5.20. The summed E-state index contributed by atoms with van der Waals surface area (Å²) in [4.78, 5) is 14.7. The third-order valence-corrected chi connectivity index (χ3v) is 5.97. The third kappa shape index (κ3) is 3.68. The maximum absolute atomic E-state index is 10.9. The molecule has 0 atom stereocenters. The molecular weight excluding hydrogens is 326 g/mol. The Morgan fingerprint density at radius 3 is 2.70 bits per heavy atom. The second-order valence-electron chi connectivity index (χ2n) is 5.26. The summed E-state index contributed by atoms with van der Waals surface area (Å²) in [5.74, 6) is 0. The Bertz CT molecular complexity index is 829. The van der Waals surface area contributed by atoms with Gasteiger partial charge >= 0.3 is 6.09 Å². The molecule has 118 valence electrons. The number of amides is 1. The lowest BCUT2D eigenvalue weighted by molar-refractivity contribution is 0.156.